The summed E-state index contributed by atoms with van der Waals surface area (Å²) in [6.45, 7) is 6.42. The number of phenols is 2. The smallest absolute Gasteiger partial charge is 0.315 e. The molecule has 1 heterocycles. The molecule has 0 fully saturated rings. The molecule has 2 aromatic carbocycles. The van der Waals surface area contributed by atoms with Gasteiger partial charge in [-0.2, -0.15) is 0 Å². The normalized spacial score (nSPS) is 11.3. The van der Waals surface area contributed by atoms with Gasteiger partial charge >= 0.3 is 6.01 Å². The van der Waals surface area contributed by atoms with Crippen LogP contribution in [0.3, 0.4) is 0 Å². The zero-order valence-electron chi connectivity index (χ0n) is 17.5. The molecule has 0 bridgehead atoms. The van der Waals surface area contributed by atoms with E-state index in [4.69, 9.17) is 4.74 Å². The van der Waals surface area contributed by atoms with Crippen molar-refractivity contribution in [3.63, 3.8) is 0 Å². The Morgan fingerprint density at radius 1 is 1.00 bits per heavy atom. The third-order valence-corrected chi connectivity index (χ3v) is 4.91. The van der Waals surface area contributed by atoms with Gasteiger partial charge in [0.15, 0.2) is 5.82 Å². The summed E-state index contributed by atoms with van der Waals surface area (Å²) in [5.74, 6) is 0.288. The number of methoxy groups -OCH3 is 1. The van der Waals surface area contributed by atoms with E-state index in [1.165, 1.54) is 10.6 Å². The Morgan fingerprint density at radius 2 is 1.70 bits per heavy atom. The molecule has 0 aliphatic heterocycles. The molecule has 1 aromatic heterocycles. The van der Waals surface area contributed by atoms with E-state index >= 15 is 0 Å². The Hall–Kier alpha value is -3.10. The van der Waals surface area contributed by atoms with E-state index in [9.17, 15) is 15.3 Å². The molecule has 0 unspecified atom stereocenters. The monoisotopic (exact) mass is 412 g/mol. The lowest BCUT2D eigenvalue weighted by Gasteiger charge is -2.14. The second-order valence-corrected chi connectivity index (χ2v) is 7.48. The molecule has 0 amide bonds. The number of benzene rings is 2. The van der Waals surface area contributed by atoms with Gasteiger partial charge in [0.2, 0.25) is 0 Å². The SMILES string of the molecule is COCCNCc1ccc(Cn2c(O)nnc2-c2cc(C(C)C)c(O)cc2O)cc1. The van der Waals surface area contributed by atoms with E-state index in [1.54, 1.807) is 13.2 Å². The topological polar surface area (TPSA) is 113 Å². The lowest BCUT2D eigenvalue weighted by atomic mass is 9.98. The molecular formula is C22H28N4O4. The van der Waals surface area contributed by atoms with Gasteiger partial charge in [0, 0.05) is 26.3 Å². The van der Waals surface area contributed by atoms with Gasteiger partial charge in [-0.25, -0.2) is 0 Å². The number of aromatic nitrogens is 3. The summed E-state index contributed by atoms with van der Waals surface area (Å²) in [7, 11) is 1.67. The van der Waals surface area contributed by atoms with Crippen molar-refractivity contribution >= 4 is 0 Å². The molecule has 30 heavy (non-hydrogen) atoms. The van der Waals surface area contributed by atoms with E-state index < -0.39 is 0 Å². The number of nitrogens with zero attached hydrogens (tertiary/aromatic N) is 3. The zero-order valence-corrected chi connectivity index (χ0v) is 17.5. The molecule has 3 rings (SSSR count). The number of rotatable bonds is 9. The highest BCUT2D eigenvalue weighted by Gasteiger charge is 2.20. The Bertz CT molecular complexity index is 984. The summed E-state index contributed by atoms with van der Waals surface area (Å²) in [5, 5.41) is 41.8. The molecule has 0 atom stereocenters. The lowest BCUT2D eigenvalue weighted by molar-refractivity contribution is 0.199. The molecule has 0 saturated heterocycles. The molecule has 160 valence electrons. The van der Waals surface area contributed by atoms with Crippen molar-refractivity contribution in [2.45, 2.75) is 32.9 Å². The first-order chi connectivity index (χ1) is 14.4. The fourth-order valence-electron chi connectivity index (χ4n) is 3.23. The summed E-state index contributed by atoms with van der Waals surface area (Å²) in [6, 6.07) is 10.7. The molecular weight excluding hydrogens is 384 g/mol. The van der Waals surface area contributed by atoms with E-state index in [1.807, 2.05) is 38.1 Å². The number of aromatic hydroxyl groups is 3. The number of hydrogen-bond acceptors (Lipinski definition) is 7. The maximum absolute atomic E-state index is 10.4. The van der Waals surface area contributed by atoms with Gasteiger partial charge in [0.1, 0.15) is 11.5 Å². The Kier molecular flexibility index (Phi) is 6.91. The summed E-state index contributed by atoms with van der Waals surface area (Å²) >= 11 is 0. The first-order valence-electron chi connectivity index (χ1n) is 9.86. The van der Waals surface area contributed by atoms with Gasteiger partial charge in [-0.15, -0.1) is 5.10 Å². The van der Waals surface area contributed by atoms with Gasteiger partial charge in [-0.05, 0) is 28.7 Å². The van der Waals surface area contributed by atoms with Crippen molar-refractivity contribution in [1.82, 2.24) is 20.1 Å². The van der Waals surface area contributed by atoms with Crippen LogP contribution >= 0.6 is 0 Å². The van der Waals surface area contributed by atoms with E-state index in [0.717, 1.165) is 24.2 Å². The van der Waals surface area contributed by atoms with Crippen LogP contribution in [0.15, 0.2) is 36.4 Å². The number of nitrogens with one attached hydrogen (secondary N) is 1. The van der Waals surface area contributed by atoms with E-state index in [0.29, 0.717) is 30.1 Å². The average molecular weight is 412 g/mol. The largest absolute Gasteiger partial charge is 0.508 e. The molecule has 8 heteroatoms. The highest BCUT2D eigenvalue weighted by Crippen LogP contribution is 2.38. The van der Waals surface area contributed by atoms with Crippen LogP contribution in [0.4, 0.5) is 0 Å². The van der Waals surface area contributed by atoms with Crippen molar-refractivity contribution in [1.29, 1.82) is 0 Å². The van der Waals surface area contributed by atoms with Gasteiger partial charge in [0.25, 0.3) is 0 Å². The predicted octanol–water partition coefficient (Wildman–Crippen LogP) is 2.97. The number of phenolic OH excluding ortho intramolecular Hbond substituents is 2. The first-order valence-corrected chi connectivity index (χ1v) is 9.86. The van der Waals surface area contributed by atoms with Crippen LogP contribution in [0.25, 0.3) is 11.4 Å². The third kappa shape index (κ3) is 4.90. The summed E-state index contributed by atoms with van der Waals surface area (Å²) in [4.78, 5) is 0. The molecule has 0 radical (unpaired) electrons. The van der Waals surface area contributed by atoms with Gasteiger partial charge in [-0.3, -0.25) is 4.57 Å². The Labute approximate surface area is 175 Å². The van der Waals surface area contributed by atoms with Crippen LogP contribution in [0.1, 0.15) is 36.5 Å². The van der Waals surface area contributed by atoms with E-state index in [-0.39, 0.29) is 23.4 Å². The van der Waals surface area contributed by atoms with Crippen LogP contribution in [0, 0.1) is 0 Å². The molecule has 3 aromatic rings. The number of hydrogen-bond donors (Lipinski definition) is 4. The van der Waals surface area contributed by atoms with Crippen LogP contribution in [-0.4, -0.2) is 50.3 Å². The molecule has 0 saturated carbocycles. The zero-order chi connectivity index (χ0) is 21.7. The van der Waals surface area contributed by atoms with Crippen molar-refractivity contribution < 1.29 is 20.1 Å². The quantitative estimate of drug-likeness (QED) is 0.400. The maximum atomic E-state index is 10.4. The van der Waals surface area contributed by atoms with Gasteiger partial charge < -0.3 is 25.4 Å². The minimum Gasteiger partial charge on any atom is -0.508 e. The second-order valence-electron chi connectivity index (χ2n) is 7.48. The van der Waals surface area contributed by atoms with Crippen LogP contribution < -0.4 is 5.32 Å². The van der Waals surface area contributed by atoms with Crippen molar-refractivity contribution in [2.24, 2.45) is 0 Å². The van der Waals surface area contributed by atoms with Gasteiger partial charge in [-0.1, -0.05) is 43.2 Å². The Morgan fingerprint density at radius 3 is 2.37 bits per heavy atom. The predicted molar refractivity (Wildman–Crippen MR) is 114 cm³/mol. The standard InChI is InChI=1S/C22H28N4O4/c1-14(2)17-10-18(20(28)11-19(17)27)21-24-25-22(29)26(21)13-16-6-4-15(5-7-16)12-23-8-9-30-3/h4-7,10-11,14,23,27-28H,8-9,12-13H2,1-3H3,(H,25,29). The third-order valence-electron chi connectivity index (χ3n) is 4.91. The van der Waals surface area contributed by atoms with Gasteiger partial charge in [0.05, 0.1) is 18.7 Å². The van der Waals surface area contributed by atoms with Crippen molar-refractivity contribution in [2.75, 3.05) is 20.3 Å². The second kappa shape index (κ2) is 9.60. The lowest BCUT2D eigenvalue weighted by Crippen LogP contribution is -2.18. The van der Waals surface area contributed by atoms with Crippen molar-refractivity contribution in [3.8, 4) is 28.9 Å². The van der Waals surface area contributed by atoms with Crippen LogP contribution in [0.5, 0.6) is 17.5 Å². The molecule has 8 nitrogen and oxygen atoms in total. The molecule has 4 N–H and O–H groups in total. The highest BCUT2D eigenvalue weighted by atomic mass is 16.5. The first kappa shape index (κ1) is 21.6. The van der Waals surface area contributed by atoms with Crippen LogP contribution in [0.2, 0.25) is 0 Å². The molecule has 0 aliphatic rings. The highest BCUT2D eigenvalue weighted by molar-refractivity contribution is 5.68. The maximum Gasteiger partial charge on any atom is 0.315 e. The minimum atomic E-state index is -0.242. The fourth-order valence-corrected chi connectivity index (χ4v) is 3.23. The summed E-state index contributed by atoms with van der Waals surface area (Å²) < 4.78 is 6.55. The summed E-state index contributed by atoms with van der Waals surface area (Å²) in [6.07, 6.45) is 0. The van der Waals surface area contributed by atoms with E-state index in [2.05, 4.69) is 15.5 Å². The average Bonchev–Trinajstić information content (AvgIpc) is 3.06. The molecule has 0 aliphatic carbocycles. The fraction of sp³-hybridized carbons (Fsp3) is 0.364. The summed E-state index contributed by atoms with van der Waals surface area (Å²) in [5.41, 5.74) is 3.18. The Balaban J connectivity index is 1.83. The van der Waals surface area contributed by atoms with Crippen LogP contribution in [-0.2, 0) is 17.8 Å². The minimum absolute atomic E-state index is 0.0243. The molecule has 0 spiro atoms. The number of ether oxygens (including phenoxy) is 1. The van der Waals surface area contributed by atoms with Crippen molar-refractivity contribution in [3.05, 3.63) is 53.1 Å².